The number of rotatable bonds is 6. The van der Waals surface area contributed by atoms with E-state index in [1.807, 2.05) is 33.9 Å². The quantitative estimate of drug-likeness (QED) is 0.599. The van der Waals surface area contributed by atoms with Crippen LogP contribution in [0.25, 0.3) is 0 Å². The summed E-state index contributed by atoms with van der Waals surface area (Å²) in [6.07, 6.45) is 0. The van der Waals surface area contributed by atoms with Gasteiger partial charge in [-0.25, -0.2) is 4.79 Å². The molecule has 0 rings (SSSR count). The van der Waals surface area contributed by atoms with Gasteiger partial charge in [-0.2, -0.15) is 0 Å². The minimum absolute atomic E-state index is 0.201. The van der Waals surface area contributed by atoms with Gasteiger partial charge in [0.05, 0.1) is 0 Å². The average Bonchev–Trinajstić information content (AvgIpc) is 2.23. The topological polar surface area (TPSA) is 82.1 Å². The highest BCUT2D eigenvalue weighted by Crippen LogP contribution is 2.54. The summed E-state index contributed by atoms with van der Waals surface area (Å²) in [6, 6.07) is 0. The third-order valence-corrected chi connectivity index (χ3v) is 9.77. The van der Waals surface area contributed by atoms with Crippen molar-refractivity contribution in [2.75, 3.05) is 14.2 Å². The Hall–Kier alpha value is -0.203. The third kappa shape index (κ3) is 3.90. The number of carbonyl (C=O) groups is 1. The molecule has 0 bridgehead atoms. The molecule has 0 aliphatic heterocycles. The molecular formula is C10H23O6PSi. The van der Waals surface area contributed by atoms with E-state index in [4.69, 9.17) is 18.6 Å². The van der Waals surface area contributed by atoms with Crippen molar-refractivity contribution < 1.29 is 27.9 Å². The van der Waals surface area contributed by atoms with E-state index in [-0.39, 0.29) is 5.04 Å². The van der Waals surface area contributed by atoms with Crippen LogP contribution < -0.4 is 0 Å². The summed E-state index contributed by atoms with van der Waals surface area (Å²) < 4.78 is 27.2. The van der Waals surface area contributed by atoms with Gasteiger partial charge in [-0.3, -0.25) is 4.57 Å². The van der Waals surface area contributed by atoms with Crippen LogP contribution in [-0.2, 0) is 22.8 Å². The molecule has 108 valence electrons. The lowest BCUT2D eigenvalue weighted by Crippen LogP contribution is -2.46. The van der Waals surface area contributed by atoms with Crippen LogP contribution in [0.4, 0.5) is 0 Å². The minimum Gasteiger partial charge on any atom is -0.479 e. The van der Waals surface area contributed by atoms with Gasteiger partial charge in [-0.05, 0) is 18.1 Å². The predicted octanol–water partition coefficient (Wildman–Crippen LogP) is 2.90. The van der Waals surface area contributed by atoms with Crippen molar-refractivity contribution in [3.63, 3.8) is 0 Å². The van der Waals surface area contributed by atoms with Crippen LogP contribution in [0.15, 0.2) is 0 Å². The molecule has 0 aromatic heterocycles. The zero-order chi connectivity index (χ0) is 14.8. The monoisotopic (exact) mass is 298 g/mol. The molecule has 8 heteroatoms. The van der Waals surface area contributed by atoms with Gasteiger partial charge in [0.2, 0.25) is 5.85 Å². The van der Waals surface area contributed by atoms with Gasteiger partial charge in [0.15, 0.2) is 8.32 Å². The maximum Gasteiger partial charge on any atom is 0.369 e. The molecule has 1 unspecified atom stereocenters. The molecule has 0 aromatic rings. The van der Waals surface area contributed by atoms with E-state index in [9.17, 15) is 9.36 Å². The van der Waals surface area contributed by atoms with E-state index in [1.165, 1.54) is 0 Å². The molecule has 0 fully saturated rings. The van der Waals surface area contributed by atoms with Crippen LogP contribution >= 0.6 is 7.60 Å². The van der Waals surface area contributed by atoms with E-state index >= 15 is 0 Å². The normalized spacial score (nSPS) is 15.5. The van der Waals surface area contributed by atoms with Crippen LogP contribution in [0, 0.1) is 0 Å². The molecule has 0 saturated heterocycles. The van der Waals surface area contributed by atoms with Crippen molar-refractivity contribution in [2.45, 2.75) is 44.7 Å². The predicted molar refractivity (Wildman–Crippen MR) is 71.3 cm³/mol. The summed E-state index contributed by atoms with van der Waals surface area (Å²) in [5, 5.41) is 8.96. The lowest BCUT2D eigenvalue weighted by Gasteiger charge is -2.38. The Balaban J connectivity index is 5.32. The third-order valence-electron chi connectivity index (χ3n) is 3.22. The second-order valence-electron chi connectivity index (χ2n) is 5.47. The first-order valence-corrected chi connectivity index (χ1v) is 10.0. The van der Waals surface area contributed by atoms with Crippen molar-refractivity contribution in [1.29, 1.82) is 0 Å². The van der Waals surface area contributed by atoms with E-state index in [0.29, 0.717) is 0 Å². The maximum absolute atomic E-state index is 12.2. The SMILES string of the molecule is COP(=O)(OC)C(O[Si](C)(C)C(C)(C)C)C(=O)O. The molecule has 0 aromatic carbocycles. The number of hydrogen-bond acceptors (Lipinski definition) is 5. The Morgan fingerprint density at radius 2 is 1.61 bits per heavy atom. The van der Waals surface area contributed by atoms with Gasteiger partial charge in [-0.1, -0.05) is 20.8 Å². The Morgan fingerprint density at radius 1 is 1.22 bits per heavy atom. The Kier molecular flexibility index (Phi) is 5.77. The maximum atomic E-state index is 12.2. The second-order valence-corrected chi connectivity index (χ2v) is 12.5. The molecule has 0 heterocycles. The first kappa shape index (κ1) is 17.8. The van der Waals surface area contributed by atoms with E-state index in [0.717, 1.165) is 14.2 Å². The molecule has 6 nitrogen and oxygen atoms in total. The highest BCUT2D eigenvalue weighted by atomic mass is 31.2. The summed E-state index contributed by atoms with van der Waals surface area (Å²) in [7, 11) is -3.89. The molecule has 1 atom stereocenters. The first-order valence-electron chi connectivity index (χ1n) is 5.53. The fourth-order valence-electron chi connectivity index (χ4n) is 0.972. The first-order chi connectivity index (χ1) is 7.91. The number of aliphatic carboxylic acids is 1. The zero-order valence-electron chi connectivity index (χ0n) is 12.0. The van der Waals surface area contributed by atoms with Gasteiger partial charge in [0.1, 0.15) is 0 Å². The van der Waals surface area contributed by atoms with Gasteiger partial charge >= 0.3 is 13.6 Å². The molecule has 0 radical (unpaired) electrons. The van der Waals surface area contributed by atoms with Crippen LogP contribution in [0.5, 0.6) is 0 Å². The summed E-state index contributed by atoms with van der Waals surface area (Å²) in [5.74, 6) is -2.93. The van der Waals surface area contributed by atoms with Gasteiger partial charge in [0.25, 0.3) is 0 Å². The average molecular weight is 298 g/mol. The Labute approximate surface area is 109 Å². The fourth-order valence-corrected chi connectivity index (χ4v) is 4.09. The van der Waals surface area contributed by atoms with E-state index in [1.54, 1.807) is 0 Å². The Morgan fingerprint density at radius 3 is 1.83 bits per heavy atom. The second kappa shape index (κ2) is 5.84. The fraction of sp³-hybridized carbons (Fsp3) is 0.900. The van der Waals surface area contributed by atoms with Crippen molar-refractivity contribution >= 4 is 21.9 Å². The van der Waals surface area contributed by atoms with Gasteiger partial charge < -0.3 is 18.6 Å². The lowest BCUT2D eigenvalue weighted by molar-refractivity contribution is -0.142. The van der Waals surface area contributed by atoms with Crippen LogP contribution in [-0.4, -0.2) is 39.5 Å². The minimum atomic E-state index is -3.80. The van der Waals surface area contributed by atoms with Crippen LogP contribution in [0.3, 0.4) is 0 Å². The summed E-state index contributed by atoms with van der Waals surface area (Å²) in [4.78, 5) is 11.2. The highest BCUT2D eigenvalue weighted by Gasteiger charge is 2.48. The molecular weight excluding hydrogens is 275 g/mol. The summed E-state index contributed by atoms with van der Waals surface area (Å²) in [5.41, 5.74) is 0. The largest absolute Gasteiger partial charge is 0.479 e. The van der Waals surface area contributed by atoms with Gasteiger partial charge in [0, 0.05) is 14.2 Å². The van der Waals surface area contributed by atoms with Crippen molar-refractivity contribution in [3.8, 4) is 0 Å². The van der Waals surface area contributed by atoms with Crippen LogP contribution in [0.1, 0.15) is 20.8 Å². The molecule has 0 aliphatic carbocycles. The molecule has 18 heavy (non-hydrogen) atoms. The standard InChI is InChI=1S/C10H23O6PSi/c1-10(2,3)18(6,7)16-9(8(11)12)17(13,14-4)15-5/h9H,1-7H3,(H,11,12). The highest BCUT2D eigenvalue weighted by molar-refractivity contribution is 7.55. The lowest BCUT2D eigenvalue weighted by atomic mass is 10.2. The summed E-state index contributed by atoms with van der Waals surface area (Å²) >= 11 is 0. The number of carboxylic acids is 1. The van der Waals surface area contributed by atoms with Crippen LogP contribution in [0.2, 0.25) is 18.1 Å². The smallest absolute Gasteiger partial charge is 0.369 e. The van der Waals surface area contributed by atoms with Crippen molar-refractivity contribution in [2.24, 2.45) is 0 Å². The van der Waals surface area contributed by atoms with Crippen molar-refractivity contribution in [1.82, 2.24) is 0 Å². The summed E-state index contributed by atoms with van der Waals surface area (Å²) in [6.45, 7) is 9.63. The van der Waals surface area contributed by atoms with Gasteiger partial charge in [-0.15, -0.1) is 0 Å². The molecule has 0 saturated carbocycles. The number of carboxylic acid groups (broad SMARTS) is 1. The Bertz CT molecular complexity index is 341. The number of hydrogen-bond donors (Lipinski definition) is 1. The van der Waals surface area contributed by atoms with E-state index < -0.39 is 27.7 Å². The van der Waals surface area contributed by atoms with Crippen molar-refractivity contribution in [3.05, 3.63) is 0 Å². The molecule has 0 spiro atoms. The molecule has 1 N–H and O–H groups in total. The zero-order valence-corrected chi connectivity index (χ0v) is 13.9. The molecule has 0 amide bonds. The van der Waals surface area contributed by atoms with E-state index in [2.05, 4.69) is 0 Å². The molecule has 0 aliphatic rings.